The van der Waals surface area contributed by atoms with Crippen molar-refractivity contribution in [3.05, 3.63) is 64.7 Å². The minimum Gasteiger partial charge on any atom is -0.494 e. The summed E-state index contributed by atoms with van der Waals surface area (Å²) >= 11 is 6.18. The summed E-state index contributed by atoms with van der Waals surface area (Å²) in [5.41, 5.74) is 2.28. The molecule has 0 bridgehead atoms. The molecule has 6 heteroatoms. The van der Waals surface area contributed by atoms with Gasteiger partial charge in [0.05, 0.1) is 19.2 Å². The molecule has 2 aliphatic heterocycles. The Hall–Kier alpha value is -2.53. The standard InChI is InChI=1S/C22H23ClN2O3/c23-17-9-8-16-10-11-25-20(19(16)13-17)14-24(15-22(25)27)21(26)7-4-12-28-18-5-2-1-3-6-18/h1-3,5-6,8-9,13,20H,4,7,10-12,14-15H2. The summed E-state index contributed by atoms with van der Waals surface area (Å²) < 4.78 is 5.65. The molecule has 2 aliphatic rings. The summed E-state index contributed by atoms with van der Waals surface area (Å²) in [7, 11) is 0. The number of ether oxygens (including phenoxy) is 1. The Morgan fingerprint density at radius 3 is 2.82 bits per heavy atom. The van der Waals surface area contributed by atoms with E-state index in [-0.39, 0.29) is 24.4 Å². The predicted molar refractivity (Wildman–Crippen MR) is 107 cm³/mol. The van der Waals surface area contributed by atoms with Crippen molar-refractivity contribution in [3.63, 3.8) is 0 Å². The van der Waals surface area contributed by atoms with Crippen LogP contribution in [0, 0.1) is 0 Å². The highest BCUT2D eigenvalue weighted by atomic mass is 35.5. The molecule has 1 saturated heterocycles. The molecule has 2 aromatic carbocycles. The lowest BCUT2D eigenvalue weighted by Gasteiger charge is -2.44. The number of piperazine rings is 1. The first-order valence-corrected chi connectivity index (χ1v) is 10.0. The number of fused-ring (bicyclic) bond motifs is 3. The Morgan fingerprint density at radius 2 is 2.00 bits per heavy atom. The van der Waals surface area contributed by atoms with Gasteiger partial charge in [-0.05, 0) is 48.2 Å². The van der Waals surface area contributed by atoms with Gasteiger partial charge in [-0.1, -0.05) is 35.9 Å². The first-order chi connectivity index (χ1) is 13.6. The zero-order valence-electron chi connectivity index (χ0n) is 15.6. The predicted octanol–water partition coefficient (Wildman–Crippen LogP) is 3.47. The lowest BCUT2D eigenvalue weighted by molar-refractivity contribution is -0.149. The summed E-state index contributed by atoms with van der Waals surface area (Å²) in [4.78, 5) is 28.9. The topological polar surface area (TPSA) is 49.9 Å². The number of para-hydroxylation sites is 1. The van der Waals surface area contributed by atoms with Crippen molar-refractivity contribution in [2.24, 2.45) is 0 Å². The Labute approximate surface area is 169 Å². The fraction of sp³-hybridized carbons (Fsp3) is 0.364. The first kappa shape index (κ1) is 18.8. The van der Waals surface area contributed by atoms with E-state index < -0.39 is 0 Å². The minimum absolute atomic E-state index is 0.00110. The normalized spacial score (nSPS) is 18.5. The van der Waals surface area contributed by atoms with E-state index in [1.807, 2.05) is 53.4 Å². The molecule has 2 aromatic rings. The molecule has 0 N–H and O–H groups in total. The van der Waals surface area contributed by atoms with Crippen LogP contribution in [0.3, 0.4) is 0 Å². The van der Waals surface area contributed by atoms with E-state index in [0.717, 1.165) is 17.7 Å². The number of benzene rings is 2. The fourth-order valence-electron chi connectivity index (χ4n) is 3.97. The number of hydrogen-bond acceptors (Lipinski definition) is 3. The molecule has 0 aromatic heterocycles. The Bertz CT molecular complexity index is 871. The maximum atomic E-state index is 12.7. The number of amides is 2. The van der Waals surface area contributed by atoms with Crippen molar-refractivity contribution in [1.29, 1.82) is 0 Å². The smallest absolute Gasteiger partial charge is 0.242 e. The fourth-order valence-corrected chi connectivity index (χ4v) is 4.15. The van der Waals surface area contributed by atoms with Crippen LogP contribution in [-0.2, 0) is 16.0 Å². The third kappa shape index (κ3) is 3.99. The Morgan fingerprint density at radius 1 is 1.18 bits per heavy atom. The molecule has 0 aliphatic carbocycles. The molecule has 1 unspecified atom stereocenters. The van der Waals surface area contributed by atoms with Gasteiger partial charge in [-0.3, -0.25) is 9.59 Å². The van der Waals surface area contributed by atoms with Crippen molar-refractivity contribution in [1.82, 2.24) is 9.80 Å². The van der Waals surface area contributed by atoms with Crippen molar-refractivity contribution in [2.75, 3.05) is 26.2 Å². The average molecular weight is 399 g/mol. The third-order valence-corrected chi connectivity index (χ3v) is 5.64. The van der Waals surface area contributed by atoms with Crippen LogP contribution in [-0.4, -0.2) is 47.9 Å². The summed E-state index contributed by atoms with van der Waals surface area (Å²) in [6.07, 6.45) is 1.82. The second-order valence-electron chi connectivity index (χ2n) is 7.24. The van der Waals surface area contributed by atoms with Crippen molar-refractivity contribution in [2.45, 2.75) is 25.3 Å². The second kappa shape index (κ2) is 8.23. The van der Waals surface area contributed by atoms with Crippen molar-refractivity contribution in [3.8, 4) is 5.75 Å². The van der Waals surface area contributed by atoms with E-state index >= 15 is 0 Å². The molecule has 2 amide bonds. The van der Waals surface area contributed by atoms with E-state index in [9.17, 15) is 9.59 Å². The highest BCUT2D eigenvalue weighted by Crippen LogP contribution is 2.34. The molecule has 28 heavy (non-hydrogen) atoms. The van der Waals surface area contributed by atoms with Gasteiger partial charge in [-0.25, -0.2) is 0 Å². The molecule has 4 rings (SSSR count). The molecular weight excluding hydrogens is 376 g/mol. The van der Waals surface area contributed by atoms with Crippen LogP contribution in [0.5, 0.6) is 5.75 Å². The molecule has 1 atom stereocenters. The number of nitrogens with zero attached hydrogens (tertiary/aromatic N) is 2. The number of halogens is 1. The van der Waals surface area contributed by atoms with Gasteiger partial charge in [-0.2, -0.15) is 0 Å². The maximum absolute atomic E-state index is 12.7. The second-order valence-corrected chi connectivity index (χ2v) is 7.67. The summed E-state index contributed by atoms with van der Waals surface area (Å²) in [6, 6.07) is 15.3. The number of hydrogen-bond donors (Lipinski definition) is 0. The number of carbonyl (C=O) groups excluding carboxylic acids is 2. The molecule has 0 radical (unpaired) electrons. The van der Waals surface area contributed by atoms with Gasteiger partial charge < -0.3 is 14.5 Å². The van der Waals surface area contributed by atoms with Crippen LogP contribution in [0.15, 0.2) is 48.5 Å². The lowest BCUT2D eigenvalue weighted by atomic mass is 9.90. The van der Waals surface area contributed by atoms with Crippen molar-refractivity contribution < 1.29 is 14.3 Å². The van der Waals surface area contributed by atoms with Crippen LogP contribution < -0.4 is 4.74 Å². The quantitative estimate of drug-likeness (QED) is 0.724. The lowest BCUT2D eigenvalue weighted by Crippen LogP contribution is -2.55. The molecule has 0 saturated carbocycles. The highest BCUT2D eigenvalue weighted by Gasteiger charge is 2.38. The molecule has 2 heterocycles. The van der Waals surface area contributed by atoms with Crippen LogP contribution in [0.1, 0.15) is 30.0 Å². The van der Waals surface area contributed by atoms with Gasteiger partial charge in [0, 0.05) is 24.5 Å². The average Bonchev–Trinajstić information content (AvgIpc) is 2.71. The van der Waals surface area contributed by atoms with E-state index in [1.165, 1.54) is 5.56 Å². The van der Waals surface area contributed by atoms with Gasteiger partial charge >= 0.3 is 0 Å². The maximum Gasteiger partial charge on any atom is 0.242 e. The number of rotatable bonds is 5. The minimum atomic E-state index is -0.104. The monoisotopic (exact) mass is 398 g/mol. The van der Waals surface area contributed by atoms with E-state index in [2.05, 4.69) is 0 Å². The van der Waals surface area contributed by atoms with Gasteiger partial charge in [0.1, 0.15) is 5.75 Å². The highest BCUT2D eigenvalue weighted by molar-refractivity contribution is 6.30. The number of carbonyl (C=O) groups is 2. The van der Waals surface area contributed by atoms with Gasteiger partial charge in [0.15, 0.2) is 0 Å². The van der Waals surface area contributed by atoms with E-state index in [0.29, 0.717) is 37.6 Å². The Kier molecular flexibility index (Phi) is 5.53. The largest absolute Gasteiger partial charge is 0.494 e. The van der Waals surface area contributed by atoms with Crippen molar-refractivity contribution >= 4 is 23.4 Å². The van der Waals surface area contributed by atoms with Crippen LogP contribution in [0.4, 0.5) is 0 Å². The summed E-state index contributed by atoms with van der Waals surface area (Å²) in [5.74, 6) is 0.809. The SMILES string of the molecule is O=C(CCCOc1ccccc1)N1CC(=O)N2CCc3ccc(Cl)cc3C2C1. The van der Waals surface area contributed by atoms with E-state index in [1.54, 1.807) is 4.90 Å². The van der Waals surface area contributed by atoms with Gasteiger partial charge in [0.25, 0.3) is 0 Å². The molecule has 146 valence electrons. The van der Waals surface area contributed by atoms with Crippen LogP contribution in [0.25, 0.3) is 0 Å². The van der Waals surface area contributed by atoms with Gasteiger partial charge in [0.2, 0.25) is 11.8 Å². The third-order valence-electron chi connectivity index (χ3n) is 5.40. The molecule has 0 spiro atoms. The van der Waals surface area contributed by atoms with Gasteiger partial charge in [-0.15, -0.1) is 0 Å². The first-order valence-electron chi connectivity index (χ1n) is 9.65. The van der Waals surface area contributed by atoms with Crippen LogP contribution >= 0.6 is 11.6 Å². The van der Waals surface area contributed by atoms with Crippen LogP contribution in [0.2, 0.25) is 5.02 Å². The zero-order valence-corrected chi connectivity index (χ0v) is 16.4. The summed E-state index contributed by atoms with van der Waals surface area (Å²) in [5, 5.41) is 0.662. The Balaban J connectivity index is 1.37. The molecule has 1 fully saturated rings. The van der Waals surface area contributed by atoms with E-state index in [4.69, 9.17) is 16.3 Å². The zero-order chi connectivity index (χ0) is 19.5. The molecular formula is C22H23ClN2O3. The molecule has 5 nitrogen and oxygen atoms in total. The summed E-state index contributed by atoms with van der Waals surface area (Å²) in [6.45, 7) is 1.86.